The molecule has 1 atom stereocenters. The predicted molar refractivity (Wildman–Crippen MR) is 107 cm³/mol. The highest BCUT2D eigenvalue weighted by Crippen LogP contribution is 2.29. The van der Waals surface area contributed by atoms with Gasteiger partial charge in [-0.15, -0.1) is 0 Å². The maximum absolute atomic E-state index is 13.7. The molecular formula is C21H25BrFNO3. The fourth-order valence-electron chi connectivity index (χ4n) is 2.63. The van der Waals surface area contributed by atoms with Gasteiger partial charge < -0.3 is 9.47 Å². The van der Waals surface area contributed by atoms with Gasteiger partial charge in [-0.1, -0.05) is 18.2 Å². The van der Waals surface area contributed by atoms with Crippen molar-refractivity contribution in [1.82, 2.24) is 4.90 Å². The average molecular weight is 438 g/mol. The molecule has 0 aromatic heterocycles. The highest BCUT2D eigenvalue weighted by atomic mass is 79.9. The van der Waals surface area contributed by atoms with Crippen LogP contribution in [-0.2, 0) is 11.3 Å². The Balaban J connectivity index is 2.34. The lowest BCUT2D eigenvalue weighted by molar-refractivity contribution is 0.0152. The maximum Gasteiger partial charge on any atom is 0.411 e. The van der Waals surface area contributed by atoms with Crippen LogP contribution in [0.2, 0.25) is 0 Å². The van der Waals surface area contributed by atoms with E-state index in [1.54, 1.807) is 24.1 Å². The molecule has 1 unspecified atom stereocenters. The van der Waals surface area contributed by atoms with Crippen molar-refractivity contribution in [2.45, 2.75) is 45.9 Å². The van der Waals surface area contributed by atoms with Crippen molar-refractivity contribution in [3.63, 3.8) is 0 Å². The van der Waals surface area contributed by atoms with Gasteiger partial charge in [0.15, 0.2) is 0 Å². The van der Waals surface area contributed by atoms with Gasteiger partial charge in [-0.2, -0.15) is 0 Å². The molecule has 146 valence electrons. The van der Waals surface area contributed by atoms with Crippen molar-refractivity contribution in [3.05, 3.63) is 63.9 Å². The smallest absolute Gasteiger partial charge is 0.411 e. The molecule has 2 aromatic rings. The summed E-state index contributed by atoms with van der Waals surface area (Å²) in [6, 6.07) is 11.5. The van der Waals surface area contributed by atoms with Gasteiger partial charge in [0.1, 0.15) is 17.2 Å². The zero-order chi connectivity index (χ0) is 20.2. The molecule has 0 spiro atoms. The molecular weight excluding hydrogens is 413 g/mol. The van der Waals surface area contributed by atoms with Gasteiger partial charge in [-0.25, -0.2) is 9.18 Å². The summed E-state index contributed by atoms with van der Waals surface area (Å²) in [6.45, 7) is 7.63. The lowest BCUT2D eigenvalue weighted by atomic mass is 10.1. The van der Waals surface area contributed by atoms with E-state index in [0.717, 1.165) is 10.0 Å². The van der Waals surface area contributed by atoms with E-state index in [2.05, 4.69) is 15.9 Å². The number of carbonyl (C=O) groups excluding carboxylic acids is 1. The zero-order valence-electron chi connectivity index (χ0n) is 16.3. The Morgan fingerprint density at radius 3 is 2.48 bits per heavy atom. The van der Waals surface area contributed by atoms with E-state index in [1.807, 2.05) is 45.9 Å². The molecule has 0 fully saturated rings. The molecule has 2 aromatic carbocycles. The molecule has 0 N–H and O–H groups in total. The molecule has 0 radical (unpaired) electrons. The third kappa shape index (κ3) is 5.96. The molecule has 0 saturated heterocycles. The molecule has 0 bridgehead atoms. The molecule has 0 aliphatic heterocycles. The van der Waals surface area contributed by atoms with Crippen LogP contribution in [0.25, 0.3) is 0 Å². The van der Waals surface area contributed by atoms with Crippen molar-refractivity contribution in [1.29, 1.82) is 0 Å². The van der Waals surface area contributed by atoms with E-state index in [0.29, 0.717) is 17.9 Å². The van der Waals surface area contributed by atoms with Crippen LogP contribution in [0.15, 0.2) is 46.9 Å². The van der Waals surface area contributed by atoms with Gasteiger partial charge in [0, 0.05) is 6.54 Å². The highest BCUT2D eigenvalue weighted by molar-refractivity contribution is 9.10. The Labute approximate surface area is 168 Å². The largest absolute Gasteiger partial charge is 0.496 e. The molecule has 0 heterocycles. The van der Waals surface area contributed by atoms with E-state index in [-0.39, 0.29) is 11.9 Å². The number of hydrogen-bond acceptors (Lipinski definition) is 3. The predicted octanol–water partition coefficient (Wildman–Crippen LogP) is 6.10. The molecule has 27 heavy (non-hydrogen) atoms. The van der Waals surface area contributed by atoms with Gasteiger partial charge in [0.25, 0.3) is 0 Å². The number of nitrogens with zero attached hydrogens (tertiary/aromatic N) is 1. The number of ether oxygens (including phenoxy) is 2. The fraction of sp³-hybridized carbons (Fsp3) is 0.381. The zero-order valence-corrected chi connectivity index (χ0v) is 17.8. The van der Waals surface area contributed by atoms with Crippen LogP contribution in [0.4, 0.5) is 9.18 Å². The Morgan fingerprint density at radius 1 is 1.22 bits per heavy atom. The van der Waals surface area contributed by atoms with E-state index >= 15 is 0 Å². The standard InChI is InChI=1S/C21H25BrFNO3/c1-14(16-7-6-8-17(23)12-16)24(20(25)27-21(2,3)4)13-15-9-10-19(26-5)18(22)11-15/h6-12,14H,13H2,1-5H3. The van der Waals surface area contributed by atoms with Crippen LogP contribution < -0.4 is 4.74 Å². The maximum atomic E-state index is 13.7. The first-order chi connectivity index (χ1) is 12.6. The number of amides is 1. The number of methoxy groups -OCH3 is 1. The van der Waals surface area contributed by atoms with Crippen LogP contribution in [-0.4, -0.2) is 23.7 Å². The summed E-state index contributed by atoms with van der Waals surface area (Å²) in [5.41, 5.74) is 0.975. The monoisotopic (exact) mass is 437 g/mol. The average Bonchev–Trinajstić information content (AvgIpc) is 2.57. The topological polar surface area (TPSA) is 38.8 Å². The van der Waals surface area contributed by atoms with Crippen molar-refractivity contribution >= 4 is 22.0 Å². The number of rotatable bonds is 5. The quantitative estimate of drug-likeness (QED) is 0.567. The van der Waals surface area contributed by atoms with Crippen molar-refractivity contribution < 1.29 is 18.7 Å². The van der Waals surface area contributed by atoms with Crippen LogP contribution in [0.3, 0.4) is 0 Å². The van der Waals surface area contributed by atoms with Gasteiger partial charge >= 0.3 is 6.09 Å². The molecule has 0 saturated carbocycles. The second-order valence-electron chi connectivity index (χ2n) is 7.31. The lowest BCUT2D eigenvalue weighted by Crippen LogP contribution is -2.38. The molecule has 0 aliphatic rings. The summed E-state index contributed by atoms with van der Waals surface area (Å²) in [4.78, 5) is 14.4. The Bertz CT molecular complexity index is 804. The normalized spacial score (nSPS) is 12.4. The third-order valence-electron chi connectivity index (χ3n) is 4.00. The first-order valence-electron chi connectivity index (χ1n) is 8.68. The second kappa shape index (κ2) is 8.74. The molecule has 4 nitrogen and oxygen atoms in total. The Morgan fingerprint density at radius 2 is 1.93 bits per heavy atom. The molecule has 2 rings (SSSR count). The second-order valence-corrected chi connectivity index (χ2v) is 8.16. The number of halogens is 2. The first kappa shape index (κ1) is 21.2. The minimum atomic E-state index is -0.627. The highest BCUT2D eigenvalue weighted by Gasteiger charge is 2.27. The van der Waals surface area contributed by atoms with E-state index < -0.39 is 11.7 Å². The van der Waals surface area contributed by atoms with E-state index in [9.17, 15) is 9.18 Å². The van der Waals surface area contributed by atoms with Crippen molar-refractivity contribution in [2.75, 3.05) is 7.11 Å². The van der Waals surface area contributed by atoms with Gasteiger partial charge in [-0.3, -0.25) is 4.90 Å². The Kier molecular flexibility index (Phi) is 6.87. The van der Waals surface area contributed by atoms with Crippen molar-refractivity contribution in [2.24, 2.45) is 0 Å². The van der Waals surface area contributed by atoms with Gasteiger partial charge in [0.05, 0.1) is 17.6 Å². The summed E-state index contributed by atoms with van der Waals surface area (Å²) in [5.74, 6) is 0.372. The van der Waals surface area contributed by atoms with E-state index in [1.165, 1.54) is 12.1 Å². The Hall–Kier alpha value is -2.08. The minimum absolute atomic E-state index is 0.315. The lowest BCUT2D eigenvalue weighted by Gasteiger charge is -2.32. The fourth-order valence-corrected chi connectivity index (χ4v) is 3.22. The van der Waals surface area contributed by atoms with E-state index in [4.69, 9.17) is 9.47 Å². The number of benzene rings is 2. The number of carbonyl (C=O) groups is 1. The summed E-state index contributed by atoms with van der Waals surface area (Å²) >= 11 is 3.47. The summed E-state index contributed by atoms with van der Waals surface area (Å²) in [6.07, 6.45) is -0.453. The number of hydrogen-bond donors (Lipinski definition) is 0. The minimum Gasteiger partial charge on any atom is -0.496 e. The van der Waals surface area contributed by atoms with Gasteiger partial charge in [0.2, 0.25) is 0 Å². The third-order valence-corrected chi connectivity index (χ3v) is 4.62. The van der Waals surface area contributed by atoms with Crippen LogP contribution in [0, 0.1) is 5.82 Å². The first-order valence-corrected chi connectivity index (χ1v) is 9.47. The van der Waals surface area contributed by atoms with Crippen LogP contribution in [0.1, 0.15) is 44.9 Å². The van der Waals surface area contributed by atoms with Crippen molar-refractivity contribution in [3.8, 4) is 5.75 Å². The summed E-state index contributed by atoms with van der Waals surface area (Å²) in [7, 11) is 1.60. The SMILES string of the molecule is COc1ccc(CN(C(=O)OC(C)(C)C)C(C)c2cccc(F)c2)cc1Br. The molecule has 6 heteroatoms. The van der Waals surface area contributed by atoms with Crippen LogP contribution in [0.5, 0.6) is 5.75 Å². The molecule has 1 amide bonds. The van der Waals surface area contributed by atoms with Crippen LogP contribution >= 0.6 is 15.9 Å². The summed E-state index contributed by atoms with van der Waals surface area (Å²) < 4.78 is 25.3. The molecule has 0 aliphatic carbocycles. The van der Waals surface area contributed by atoms with Gasteiger partial charge in [-0.05, 0) is 79.0 Å². The summed E-state index contributed by atoms with van der Waals surface area (Å²) in [5, 5.41) is 0.